The van der Waals surface area contributed by atoms with Crippen LogP contribution in [-0.4, -0.2) is 44.3 Å². The van der Waals surface area contributed by atoms with E-state index in [4.69, 9.17) is 9.47 Å². The van der Waals surface area contributed by atoms with Crippen molar-refractivity contribution in [1.82, 2.24) is 9.97 Å². The van der Waals surface area contributed by atoms with Crippen LogP contribution in [0.2, 0.25) is 0 Å². The Hall–Kier alpha value is -3.35. The summed E-state index contributed by atoms with van der Waals surface area (Å²) in [6.07, 6.45) is 0. The zero-order valence-corrected chi connectivity index (χ0v) is 15.8. The fourth-order valence-electron chi connectivity index (χ4n) is 2.75. The number of para-hydroxylation sites is 1. The van der Waals surface area contributed by atoms with E-state index in [9.17, 15) is 4.79 Å². The van der Waals surface area contributed by atoms with Crippen molar-refractivity contribution in [2.24, 2.45) is 0 Å². The number of nitrogens with one attached hydrogen (secondary N) is 1. The molecule has 7 nitrogen and oxygen atoms in total. The molecule has 0 saturated heterocycles. The predicted octanol–water partition coefficient (Wildman–Crippen LogP) is 3.10. The Kier molecular flexibility index (Phi) is 5.40. The smallest absolute Gasteiger partial charge is 0.343 e. The molecule has 3 rings (SSSR count). The van der Waals surface area contributed by atoms with Crippen LogP contribution in [0.4, 0.5) is 11.6 Å². The second-order valence-electron chi connectivity index (χ2n) is 6.15. The number of rotatable bonds is 6. The molecule has 0 unspecified atom stereocenters. The highest BCUT2D eigenvalue weighted by atomic mass is 16.5. The molecule has 2 aromatic heterocycles. The van der Waals surface area contributed by atoms with Crippen molar-refractivity contribution >= 4 is 28.5 Å². The Morgan fingerprint density at radius 1 is 1.11 bits per heavy atom. The normalized spacial score (nSPS) is 10.5. The molecule has 0 fully saturated rings. The zero-order chi connectivity index (χ0) is 19.4. The zero-order valence-electron chi connectivity index (χ0n) is 15.8. The lowest BCUT2D eigenvalue weighted by atomic mass is 10.1. The lowest BCUT2D eigenvalue weighted by Gasteiger charge is -2.16. The third kappa shape index (κ3) is 3.92. The minimum atomic E-state index is -0.485. The molecule has 1 aromatic carbocycles. The lowest BCUT2D eigenvalue weighted by Crippen LogP contribution is -2.12. The van der Waals surface area contributed by atoms with E-state index in [2.05, 4.69) is 21.4 Å². The van der Waals surface area contributed by atoms with Gasteiger partial charge in [0, 0.05) is 26.0 Å². The van der Waals surface area contributed by atoms with Crippen molar-refractivity contribution in [2.75, 3.05) is 38.5 Å². The quantitative estimate of drug-likeness (QED) is 0.672. The number of esters is 1. The van der Waals surface area contributed by atoms with Gasteiger partial charge in [-0.2, -0.15) is 4.98 Å². The van der Waals surface area contributed by atoms with E-state index in [1.165, 1.54) is 14.2 Å². The predicted molar refractivity (Wildman–Crippen MR) is 106 cm³/mol. The van der Waals surface area contributed by atoms with Gasteiger partial charge in [-0.15, -0.1) is 0 Å². The van der Waals surface area contributed by atoms with Crippen LogP contribution in [0.25, 0.3) is 10.9 Å². The van der Waals surface area contributed by atoms with E-state index in [0.717, 1.165) is 22.3 Å². The third-order valence-corrected chi connectivity index (χ3v) is 4.17. The molecule has 140 valence electrons. The first-order valence-corrected chi connectivity index (χ1v) is 8.46. The van der Waals surface area contributed by atoms with Gasteiger partial charge >= 0.3 is 5.97 Å². The number of carbonyl (C=O) groups is 1. The Balaban J connectivity index is 1.89. The molecule has 27 heavy (non-hydrogen) atoms. The highest BCUT2D eigenvalue weighted by Crippen LogP contribution is 2.24. The molecule has 0 aliphatic carbocycles. The standard InChI is InChI=1S/C20H22N4O3/c1-24(2)18-11-13(14-7-5-6-8-16(14)22-18)12-21-17-10-9-15(20(25)27-4)19(23-17)26-3/h5-11H,12H2,1-4H3,(H,21,23). The lowest BCUT2D eigenvalue weighted by molar-refractivity contribution is 0.0596. The maximum atomic E-state index is 11.8. The minimum Gasteiger partial charge on any atom is -0.480 e. The average Bonchev–Trinajstić information content (AvgIpc) is 2.70. The first-order valence-electron chi connectivity index (χ1n) is 8.46. The molecule has 0 spiro atoms. The number of carbonyl (C=O) groups excluding carboxylic acids is 1. The maximum absolute atomic E-state index is 11.8. The van der Waals surface area contributed by atoms with Crippen LogP contribution in [0.1, 0.15) is 15.9 Å². The molecule has 0 aliphatic rings. The maximum Gasteiger partial charge on any atom is 0.343 e. The Morgan fingerprint density at radius 2 is 1.89 bits per heavy atom. The van der Waals surface area contributed by atoms with E-state index >= 15 is 0 Å². The number of anilines is 2. The van der Waals surface area contributed by atoms with Crippen molar-refractivity contribution < 1.29 is 14.3 Å². The van der Waals surface area contributed by atoms with Gasteiger partial charge in [0.25, 0.3) is 0 Å². The molecule has 2 heterocycles. The second kappa shape index (κ2) is 7.90. The summed E-state index contributed by atoms with van der Waals surface area (Å²) in [6, 6.07) is 13.4. The second-order valence-corrected chi connectivity index (χ2v) is 6.15. The number of nitrogens with zero attached hydrogens (tertiary/aromatic N) is 3. The molecule has 0 saturated carbocycles. The summed E-state index contributed by atoms with van der Waals surface area (Å²) in [5.74, 6) is 1.23. The van der Waals surface area contributed by atoms with Crippen LogP contribution in [0, 0.1) is 0 Å². The molecular formula is C20H22N4O3. The molecule has 1 N–H and O–H groups in total. The van der Waals surface area contributed by atoms with Crippen LogP contribution in [-0.2, 0) is 11.3 Å². The van der Waals surface area contributed by atoms with Gasteiger partial charge in [0.05, 0.1) is 19.7 Å². The first kappa shape index (κ1) is 18.4. The molecule has 0 bridgehead atoms. The van der Waals surface area contributed by atoms with E-state index in [1.54, 1.807) is 12.1 Å². The molecular weight excluding hydrogens is 344 g/mol. The number of methoxy groups -OCH3 is 2. The summed E-state index contributed by atoms with van der Waals surface area (Å²) in [6.45, 7) is 0.553. The van der Waals surface area contributed by atoms with Gasteiger partial charge in [-0.25, -0.2) is 9.78 Å². The molecule has 0 amide bonds. The van der Waals surface area contributed by atoms with Gasteiger partial charge in [0.2, 0.25) is 5.88 Å². The number of ether oxygens (including phenoxy) is 2. The summed E-state index contributed by atoms with van der Waals surface area (Å²) in [5.41, 5.74) is 2.32. The average molecular weight is 366 g/mol. The number of fused-ring (bicyclic) bond motifs is 1. The number of hydrogen-bond acceptors (Lipinski definition) is 7. The number of pyridine rings is 2. The van der Waals surface area contributed by atoms with E-state index in [0.29, 0.717) is 12.4 Å². The number of hydrogen-bond donors (Lipinski definition) is 1. The molecule has 0 radical (unpaired) electrons. The van der Waals surface area contributed by atoms with Crippen LogP contribution in [0.15, 0.2) is 42.5 Å². The Bertz CT molecular complexity index is 973. The van der Waals surface area contributed by atoms with Gasteiger partial charge < -0.3 is 19.7 Å². The van der Waals surface area contributed by atoms with Crippen molar-refractivity contribution in [2.45, 2.75) is 6.54 Å². The van der Waals surface area contributed by atoms with Crippen LogP contribution < -0.4 is 15.0 Å². The van der Waals surface area contributed by atoms with Crippen molar-refractivity contribution in [3.63, 3.8) is 0 Å². The SMILES string of the molecule is COC(=O)c1ccc(NCc2cc(N(C)C)nc3ccccc23)nc1OC. The van der Waals surface area contributed by atoms with Gasteiger partial charge in [-0.05, 0) is 29.8 Å². The van der Waals surface area contributed by atoms with Gasteiger partial charge in [-0.1, -0.05) is 18.2 Å². The highest BCUT2D eigenvalue weighted by molar-refractivity contribution is 5.92. The topological polar surface area (TPSA) is 76.6 Å². The first-order chi connectivity index (χ1) is 13.0. The highest BCUT2D eigenvalue weighted by Gasteiger charge is 2.15. The van der Waals surface area contributed by atoms with Crippen LogP contribution in [0.5, 0.6) is 5.88 Å². The van der Waals surface area contributed by atoms with Crippen molar-refractivity contribution in [3.8, 4) is 5.88 Å². The monoisotopic (exact) mass is 366 g/mol. The van der Waals surface area contributed by atoms with E-state index in [-0.39, 0.29) is 11.4 Å². The molecule has 7 heteroatoms. The van der Waals surface area contributed by atoms with Crippen molar-refractivity contribution in [3.05, 3.63) is 53.6 Å². The number of aromatic nitrogens is 2. The summed E-state index contributed by atoms with van der Waals surface area (Å²) in [7, 11) is 6.72. The molecule has 0 aliphatic heterocycles. The minimum absolute atomic E-state index is 0.223. The van der Waals surface area contributed by atoms with Gasteiger partial charge in [-0.3, -0.25) is 0 Å². The van der Waals surface area contributed by atoms with E-state index in [1.807, 2.05) is 43.3 Å². The largest absolute Gasteiger partial charge is 0.480 e. The Morgan fingerprint density at radius 3 is 2.59 bits per heavy atom. The van der Waals surface area contributed by atoms with Gasteiger partial charge in [0.15, 0.2) is 0 Å². The summed E-state index contributed by atoms with van der Waals surface area (Å²) in [4.78, 5) is 22.8. The molecule has 0 atom stereocenters. The van der Waals surface area contributed by atoms with Crippen LogP contribution in [0.3, 0.4) is 0 Å². The third-order valence-electron chi connectivity index (χ3n) is 4.17. The number of benzene rings is 1. The fraction of sp³-hybridized carbons (Fsp3) is 0.250. The van der Waals surface area contributed by atoms with Crippen LogP contribution >= 0.6 is 0 Å². The van der Waals surface area contributed by atoms with Gasteiger partial charge in [0.1, 0.15) is 17.2 Å². The van der Waals surface area contributed by atoms with Crippen molar-refractivity contribution in [1.29, 1.82) is 0 Å². The van der Waals surface area contributed by atoms with E-state index < -0.39 is 5.97 Å². The fourth-order valence-corrected chi connectivity index (χ4v) is 2.75. The Labute approximate surface area is 157 Å². The summed E-state index contributed by atoms with van der Waals surface area (Å²) >= 11 is 0. The molecule has 3 aromatic rings. The summed E-state index contributed by atoms with van der Waals surface area (Å²) in [5, 5.41) is 4.37. The summed E-state index contributed by atoms with van der Waals surface area (Å²) < 4.78 is 9.95.